The standard InChI is InChI=1S/C12H18N6/c1-4-13-12-16-9(2)5-11(17-12)14-6-10-7-15-18(3)8-10/h5,7-8H,4,6H2,1-3H3,(H2,13,14,16,17). The number of anilines is 2. The molecule has 0 saturated heterocycles. The molecule has 0 aliphatic heterocycles. The van der Waals surface area contributed by atoms with E-state index in [1.54, 1.807) is 4.68 Å². The van der Waals surface area contributed by atoms with Crippen LogP contribution in [-0.4, -0.2) is 26.3 Å². The second-order valence-corrected chi connectivity index (χ2v) is 4.12. The molecular weight excluding hydrogens is 228 g/mol. The van der Waals surface area contributed by atoms with Crippen molar-refractivity contribution in [2.75, 3.05) is 17.2 Å². The van der Waals surface area contributed by atoms with E-state index in [1.807, 2.05) is 39.4 Å². The van der Waals surface area contributed by atoms with Crippen LogP contribution in [0.25, 0.3) is 0 Å². The van der Waals surface area contributed by atoms with Crippen LogP contribution in [0.1, 0.15) is 18.2 Å². The molecule has 0 spiro atoms. The van der Waals surface area contributed by atoms with Crippen molar-refractivity contribution in [1.82, 2.24) is 19.7 Å². The molecule has 2 rings (SSSR count). The first kappa shape index (κ1) is 12.3. The highest BCUT2D eigenvalue weighted by Gasteiger charge is 2.02. The van der Waals surface area contributed by atoms with E-state index in [-0.39, 0.29) is 0 Å². The van der Waals surface area contributed by atoms with Crippen LogP contribution in [0.5, 0.6) is 0 Å². The van der Waals surface area contributed by atoms with E-state index in [4.69, 9.17) is 0 Å². The van der Waals surface area contributed by atoms with Crippen LogP contribution >= 0.6 is 0 Å². The lowest BCUT2D eigenvalue weighted by Crippen LogP contribution is -2.07. The highest BCUT2D eigenvalue weighted by atomic mass is 15.2. The fourth-order valence-electron chi connectivity index (χ4n) is 1.65. The summed E-state index contributed by atoms with van der Waals surface area (Å²) in [6, 6.07) is 1.93. The Morgan fingerprint density at radius 3 is 2.78 bits per heavy atom. The molecule has 0 aromatic carbocycles. The van der Waals surface area contributed by atoms with Gasteiger partial charge in [0.05, 0.1) is 6.20 Å². The predicted molar refractivity (Wildman–Crippen MR) is 71.5 cm³/mol. The number of nitrogens with one attached hydrogen (secondary N) is 2. The number of hydrogen-bond donors (Lipinski definition) is 2. The summed E-state index contributed by atoms with van der Waals surface area (Å²) in [5, 5.41) is 10.5. The lowest BCUT2D eigenvalue weighted by Gasteiger charge is -2.08. The molecule has 6 heteroatoms. The van der Waals surface area contributed by atoms with Gasteiger partial charge in [0.2, 0.25) is 5.95 Å². The quantitative estimate of drug-likeness (QED) is 0.838. The number of hydrogen-bond acceptors (Lipinski definition) is 5. The van der Waals surface area contributed by atoms with E-state index in [2.05, 4.69) is 25.7 Å². The zero-order valence-corrected chi connectivity index (χ0v) is 10.9. The monoisotopic (exact) mass is 246 g/mol. The average Bonchev–Trinajstić information content (AvgIpc) is 2.72. The fourth-order valence-corrected chi connectivity index (χ4v) is 1.65. The van der Waals surface area contributed by atoms with Gasteiger partial charge in [0.15, 0.2) is 0 Å². The second-order valence-electron chi connectivity index (χ2n) is 4.12. The third-order valence-electron chi connectivity index (χ3n) is 2.42. The molecule has 0 atom stereocenters. The molecule has 0 amide bonds. The van der Waals surface area contributed by atoms with Gasteiger partial charge in [-0.15, -0.1) is 0 Å². The maximum Gasteiger partial charge on any atom is 0.224 e. The fraction of sp³-hybridized carbons (Fsp3) is 0.417. The lowest BCUT2D eigenvalue weighted by atomic mass is 10.3. The Bertz CT molecular complexity index is 519. The molecule has 0 unspecified atom stereocenters. The van der Waals surface area contributed by atoms with Gasteiger partial charge in [-0.25, -0.2) is 4.98 Å². The largest absolute Gasteiger partial charge is 0.366 e. The molecule has 0 aliphatic rings. The van der Waals surface area contributed by atoms with E-state index >= 15 is 0 Å². The summed E-state index contributed by atoms with van der Waals surface area (Å²) < 4.78 is 1.78. The number of aromatic nitrogens is 4. The van der Waals surface area contributed by atoms with E-state index in [9.17, 15) is 0 Å². The van der Waals surface area contributed by atoms with Gasteiger partial charge in [0.1, 0.15) is 5.82 Å². The highest BCUT2D eigenvalue weighted by Crippen LogP contribution is 2.10. The molecule has 18 heavy (non-hydrogen) atoms. The maximum absolute atomic E-state index is 4.38. The molecule has 0 bridgehead atoms. The first-order valence-electron chi connectivity index (χ1n) is 5.98. The summed E-state index contributed by atoms with van der Waals surface area (Å²) in [5.41, 5.74) is 2.06. The van der Waals surface area contributed by atoms with E-state index in [0.717, 1.165) is 23.6 Å². The average molecular weight is 246 g/mol. The first-order valence-corrected chi connectivity index (χ1v) is 5.98. The SMILES string of the molecule is CCNc1nc(C)cc(NCc2cnn(C)c2)n1. The Labute approximate surface area is 106 Å². The van der Waals surface area contributed by atoms with Gasteiger partial charge in [0.25, 0.3) is 0 Å². The minimum atomic E-state index is 0.659. The molecule has 2 aromatic heterocycles. The Morgan fingerprint density at radius 1 is 1.28 bits per heavy atom. The molecule has 2 aromatic rings. The Morgan fingerprint density at radius 2 is 2.11 bits per heavy atom. The van der Waals surface area contributed by atoms with Crippen LogP contribution in [0.4, 0.5) is 11.8 Å². The summed E-state index contributed by atoms with van der Waals surface area (Å²) in [5.74, 6) is 1.48. The molecule has 0 aliphatic carbocycles. The number of rotatable bonds is 5. The van der Waals surface area contributed by atoms with Crippen LogP contribution in [-0.2, 0) is 13.6 Å². The van der Waals surface area contributed by atoms with E-state index in [1.165, 1.54) is 0 Å². The molecule has 0 fully saturated rings. The van der Waals surface area contributed by atoms with Crippen molar-refractivity contribution in [2.24, 2.45) is 7.05 Å². The number of nitrogens with zero attached hydrogens (tertiary/aromatic N) is 4. The van der Waals surface area contributed by atoms with Gasteiger partial charge in [0, 0.05) is 43.7 Å². The van der Waals surface area contributed by atoms with Crippen molar-refractivity contribution in [2.45, 2.75) is 20.4 Å². The maximum atomic E-state index is 4.38. The minimum absolute atomic E-state index is 0.659. The van der Waals surface area contributed by atoms with Crippen molar-refractivity contribution in [3.63, 3.8) is 0 Å². The number of aryl methyl sites for hydroxylation is 2. The van der Waals surface area contributed by atoms with Gasteiger partial charge >= 0.3 is 0 Å². The molecule has 6 nitrogen and oxygen atoms in total. The van der Waals surface area contributed by atoms with E-state index in [0.29, 0.717) is 12.5 Å². The summed E-state index contributed by atoms with van der Waals surface area (Å²) in [6.07, 6.45) is 3.82. The van der Waals surface area contributed by atoms with Crippen LogP contribution in [0, 0.1) is 6.92 Å². The summed E-state index contributed by atoms with van der Waals surface area (Å²) in [6.45, 7) is 5.49. The third kappa shape index (κ3) is 3.19. The Hall–Kier alpha value is -2.11. The normalized spacial score (nSPS) is 10.4. The van der Waals surface area contributed by atoms with Gasteiger partial charge < -0.3 is 10.6 Å². The summed E-state index contributed by atoms with van der Waals surface area (Å²) >= 11 is 0. The summed E-state index contributed by atoms with van der Waals surface area (Å²) in [4.78, 5) is 8.69. The first-order chi connectivity index (χ1) is 8.67. The van der Waals surface area contributed by atoms with E-state index < -0.39 is 0 Å². The highest BCUT2D eigenvalue weighted by molar-refractivity contribution is 5.42. The van der Waals surface area contributed by atoms with Gasteiger partial charge in [-0.2, -0.15) is 10.1 Å². The van der Waals surface area contributed by atoms with Crippen LogP contribution in [0.2, 0.25) is 0 Å². The summed E-state index contributed by atoms with van der Waals surface area (Å²) in [7, 11) is 1.90. The third-order valence-corrected chi connectivity index (χ3v) is 2.42. The van der Waals surface area contributed by atoms with Crippen molar-refractivity contribution in [3.8, 4) is 0 Å². The van der Waals surface area contributed by atoms with Crippen molar-refractivity contribution >= 4 is 11.8 Å². The molecule has 0 radical (unpaired) electrons. The van der Waals surface area contributed by atoms with Gasteiger partial charge in [-0.3, -0.25) is 4.68 Å². The van der Waals surface area contributed by atoms with Crippen molar-refractivity contribution < 1.29 is 0 Å². The van der Waals surface area contributed by atoms with Gasteiger partial charge in [-0.1, -0.05) is 0 Å². The van der Waals surface area contributed by atoms with Crippen molar-refractivity contribution in [1.29, 1.82) is 0 Å². The molecule has 2 heterocycles. The molecular formula is C12H18N6. The molecule has 2 N–H and O–H groups in total. The zero-order chi connectivity index (χ0) is 13.0. The second kappa shape index (κ2) is 5.48. The zero-order valence-electron chi connectivity index (χ0n) is 10.9. The minimum Gasteiger partial charge on any atom is -0.366 e. The Kier molecular flexibility index (Phi) is 3.76. The molecule has 96 valence electrons. The topological polar surface area (TPSA) is 67.7 Å². The Balaban J connectivity index is 2.04. The molecule has 0 saturated carbocycles. The van der Waals surface area contributed by atoms with Crippen LogP contribution in [0.3, 0.4) is 0 Å². The van der Waals surface area contributed by atoms with Gasteiger partial charge in [-0.05, 0) is 13.8 Å². The van der Waals surface area contributed by atoms with Crippen molar-refractivity contribution in [3.05, 3.63) is 29.7 Å². The predicted octanol–water partition coefficient (Wildman–Crippen LogP) is 1.56. The lowest BCUT2D eigenvalue weighted by molar-refractivity contribution is 0.767. The smallest absolute Gasteiger partial charge is 0.224 e. The van der Waals surface area contributed by atoms with Crippen LogP contribution in [0.15, 0.2) is 18.5 Å². The van der Waals surface area contributed by atoms with Crippen LogP contribution < -0.4 is 10.6 Å².